The van der Waals surface area contributed by atoms with Gasteiger partial charge in [-0.05, 0) is 41.6 Å². The molecule has 0 aliphatic carbocycles. The zero-order valence-corrected chi connectivity index (χ0v) is 17.7. The van der Waals surface area contributed by atoms with Crippen molar-refractivity contribution < 1.29 is 9.90 Å². The second kappa shape index (κ2) is 8.77. The van der Waals surface area contributed by atoms with E-state index in [2.05, 4.69) is 19.7 Å². The lowest BCUT2D eigenvalue weighted by Gasteiger charge is -2.05. The minimum absolute atomic E-state index is 0.158. The lowest BCUT2D eigenvalue weighted by molar-refractivity contribution is -0.131. The SMILES string of the molecule is CCc1nc(S/C(=C\c2cn(Cc3ccc(Cl)cc3)c3ccccc23)C(=O)O)n[nH]1. The molecule has 0 amide bonds. The van der Waals surface area contributed by atoms with Crippen LogP contribution in [-0.2, 0) is 17.8 Å². The second-order valence-corrected chi connectivity index (χ2v) is 8.14. The van der Waals surface area contributed by atoms with E-state index in [1.165, 1.54) is 0 Å². The van der Waals surface area contributed by atoms with Crippen LogP contribution in [0.5, 0.6) is 0 Å². The maximum absolute atomic E-state index is 11.9. The molecular formula is C22H19ClN4O2S. The number of carboxylic acid groups (broad SMARTS) is 1. The van der Waals surface area contributed by atoms with E-state index in [4.69, 9.17) is 11.6 Å². The van der Waals surface area contributed by atoms with Gasteiger partial charge < -0.3 is 9.67 Å². The summed E-state index contributed by atoms with van der Waals surface area (Å²) in [7, 11) is 0. The van der Waals surface area contributed by atoms with E-state index in [1.54, 1.807) is 6.08 Å². The average Bonchev–Trinajstić information content (AvgIpc) is 3.34. The summed E-state index contributed by atoms with van der Waals surface area (Å²) in [5.74, 6) is -0.292. The van der Waals surface area contributed by atoms with Crippen LogP contribution in [0.4, 0.5) is 0 Å². The zero-order chi connectivity index (χ0) is 21.1. The normalized spacial score (nSPS) is 11.9. The lowest BCUT2D eigenvalue weighted by atomic mass is 10.1. The number of H-pyrrole nitrogens is 1. The maximum Gasteiger partial charge on any atom is 0.342 e. The fraction of sp³-hybridized carbons (Fsp3) is 0.136. The molecule has 152 valence electrons. The molecule has 6 nitrogen and oxygen atoms in total. The van der Waals surface area contributed by atoms with Crippen LogP contribution in [0.25, 0.3) is 17.0 Å². The topological polar surface area (TPSA) is 83.8 Å². The summed E-state index contributed by atoms with van der Waals surface area (Å²) in [6, 6.07) is 15.6. The Balaban J connectivity index is 1.71. The number of fused-ring (bicyclic) bond motifs is 1. The van der Waals surface area contributed by atoms with Gasteiger partial charge in [-0.2, -0.15) is 0 Å². The Morgan fingerprint density at radius 2 is 2.00 bits per heavy atom. The Kier molecular flexibility index (Phi) is 5.92. The molecule has 0 spiro atoms. The van der Waals surface area contributed by atoms with E-state index in [0.717, 1.165) is 39.6 Å². The average molecular weight is 439 g/mol. The van der Waals surface area contributed by atoms with E-state index < -0.39 is 5.97 Å². The molecule has 0 fully saturated rings. The van der Waals surface area contributed by atoms with E-state index >= 15 is 0 Å². The van der Waals surface area contributed by atoms with Crippen LogP contribution in [-0.4, -0.2) is 30.8 Å². The number of nitrogens with zero attached hydrogens (tertiary/aromatic N) is 3. The molecule has 2 aromatic carbocycles. The largest absolute Gasteiger partial charge is 0.477 e. The summed E-state index contributed by atoms with van der Waals surface area (Å²) >= 11 is 7.03. The summed E-state index contributed by atoms with van der Waals surface area (Å²) < 4.78 is 2.11. The lowest BCUT2D eigenvalue weighted by Crippen LogP contribution is -1.98. The highest BCUT2D eigenvalue weighted by Crippen LogP contribution is 2.30. The predicted octanol–water partition coefficient (Wildman–Crippen LogP) is 5.24. The molecule has 0 aliphatic heterocycles. The summed E-state index contributed by atoms with van der Waals surface area (Å²) in [5, 5.41) is 18.7. The number of carboxylic acids is 1. The third kappa shape index (κ3) is 4.42. The fourth-order valence-electron chi connectivity index (χ4n) is 3.16. The Bertz CT molecular complexity index is 1230. The standard InChI is InChI=1S/C22H19ClN4O2S/c1-2-20-24-22(26-25-20)30-19(21(28)29)11-15-13-27(18-6-4-3-5-17(15)18)12-14-7-9-16(23)10-8-14/h3-11,13H,2,12H2,1H3,(H,28,29)(H,24,25,26)/b19-11-. The van der Waals surface area contributed by atoms with Crippen molar-refractivity contribution in [2.24, 2.45) is 0 Å². The molecule has 0 atom stereocenters. The van der Waals surface area contributed by atoms with Crippen LogP contribution in [0.15, 0.2) is 64.8 Å². The van der Waals surface area contributed by atoms with Crippen LogP contribution in [0, 0.1) is 0 Å². The minimum atomic E-state index is -1.02. The zero-order valence-electron chi connectivity index (χ0n) is 16.2. The van der Waals surface area contributed by atoms with Gasteiger partial charge in [0.25, 0.3) is 0 Å². The van der Waals surface area contributed by atoms with Crippen molar-refractivity contribution >= 4 is 46.3 Å². The molecule has 4 aromatic rings. The summed E-state index contributed by atoms with van der Waals surface area (Å²) in [4.78, 5) is 16.3. The van der Waals surface area contributed by atoms with Crippen LogP contribution < -0.4 is 0 Å². The molecule has 0 saturated heterocycles. The second-order valence-electron chi connectivity index (χ2n) is 6.69. The van der Waals surface area contributed by atoms with Gasteiger partial charge >= 0.3 is 5.97 Å². The van der Waals surface area contributed by atoms with Crippen LogP contribution in [0.1, 0.15) is 23.9 Å². The fourth-order valence-corrected chi connectivity index (χ4v) is 4.01. The number of halogens is 1. The van der Waals surface area contributed by atoms with Crippen molar-refractivity contribution in [2.75, 3.05) is 0 Å². The molecule has 0 unspecified atom stereocenters. The molecule has 30 heavy (non-hydrogen) atoms. The number of aromatic amines is 1. The molecule has 0 bridgehead atoms. The van der Waals surface area contributed by atoms with Gasteiger partial charge in [-0.3, -0.25) is 5.10 Å². The quantitative estimate of drug-likeness (QED) is 0.304. The number of aromatic nitrogens is 4. The predicted molar refractivity (Wildman–Crippen MR) is 120 cm³/mol. The van der Waals surface area contributed by atoms with Gasteiger partial charge in [0.15, 0.2) is 0 Å². The number of hydrogen-bond donors (Lipinski definition) is 2. The molecule has 0 aliphatic rings. The number of aryl methyl sites for hydroxylation is 1. The van der Waals surface area contributed by atoms with Gasteiger partial charge in [-0.15, -0.1) is 5.10 Å². The molecule has 0 saturated carbocycles. The van der Waals surface area contributed by atoms with E-state index in [-0.39, 0.29) is 4.91 Å². The monoisotopic (exact) mass is 438 g/mol. The van der Waals surface area contributed by atoms with Crippen molar-refractivity contribution in [2.45, 2.75) is 25.0 Å². The Morgan fingerprint density at radius 3 is 2.70 bits per heavy atom. The first kappa shape index (κ1) is 20.3. The van der Waals surface area contributed by atoms with E-state index in [0.29, 0.717) is 23.1 Å². The first-order valence-corrected chi connectivity index (χ1v) is 10.6. The number of aliphatic carboxylic acids is 1. The molecule has 0 radical (unpaired) electrons. The number of hydrogen-bond acceptors (Lipinski definition) is 4. The molecule has 2 aromatic heterocycles. The number of rotatable bonds is 7. The van der Waals surface area contributed by atoms with Crippen molar-refractivity contribution in [1.29, 1.82) is 0 Å². The molecule has 8 heteroatoms. The van der Waals surface area contributed by atoms with Gasteiger partial charge in [-0.25, -0.2) is 9.78 Å². The number of carbonyl (C=O) groups is 1. The van der Waals surface area contributed by atoms with E-state index in [9.17, 15) is 9.90 Å². The van der Waals surface area contributed by atoms with Gasteiger partial charge in [0.1, 0.15) is 10.7 Å². The smallest absolute Gasteiger partial charge is 0.342 e. The van der Waals surface area contributed by atoms with Crippen molar-refractivity contribution in [3.8, 4) is 0 Å². The number of thioether (sulfide) groups is 1. The number of nitrogens with one attached hydrogen (secondary N) is 1. The third-order valence-electron chi connectivity index (χ3n) is 4.63. The van der Waals surface area contributed by atoms with Gasteiger partial charge in [-0.1, -0.05) is 48.9 Å². The third-order valence-corrected chi connectivity index (χ3v) is 5.76. The first-order chi connectivity index (χ1) is 14.5. The highest BCUT2D eigenvalue weighted by atomic mass is 35.5. The highest BCUT2D eigenvalue weighted by molar-refractivity contribution is 8.04. The number of para-hydroxylation sites is 1. The summed E-state index contributed by atoms with van der Waals surface area (Å²) in [5.41, 5.74) is 2.96. The van der Waals surface area contributed by atoms with Crippen molar-refractivity contribution in [3.05, 3.63) is 81.6 Å². The number of benzene rings is 2. The Hall–Kier alpha value is -3.03. The Labute approximate surface area is 182 Å². The van der Waals surface area contributed by atoms with Crippen molar-refractivity contribution in [3.63, 3.8) is 0 Å². The molecule has 4 rings (SSSR count). The van der Waals surface area contributed by atoms with Crippen LogP contribution in [0.2, 0.25) is 5.02 Å². The van der Waals surface area contributed by atoms with Gasteiger partial charge in [0.05, 0.1) is 0 Å². The van der Waals surface area contributed by atoms with E-state index in [1.807, 2.05) is 61.7 Å². The highest BCUT2D eigenvalue weighted by Gasteiger charge is 2.15. The molecule has 2 heterocycles. The maximum atomic E-state index is 11.9. The minimum Gasteiger partial charge on any atom is -0.477 e. The molecule has 2 N–H and O–H groups in total. The molecular weight excluding hydrogens is 420 g/mol. The van der Waals surface area contributed by atoms with Crippen molar-refractivity contribution in [1.82, 2.24) is 19.7 Å². The first-order valence-electron chi connectivity index (χ1n) is 9.40. The van der Waals surface area contributed by atoms with Gasteiger partial charge in [0.2, 0.25) is 5.16 Å². The Morgan fingerprint density at radius 1 is 1.23 bits per heavy atom. The van der Waals surface area contributed by atoms with Crippen LogP contribution in [0.3, 0.4) is 0 Å². The summed E-state index contributed by atoms with van der Waals surface area (Å²) in [6.07, 6.45) is 4.35. The summed E-state index contributed by atoms with van der Waals surface area (Å²) in [6.45, 7) is 2.61. The van der Waals surface area contributed by atoms with Crippen LogP contribution >= 0.6 is 23.4 Å². The van der Waals surface area contributed by atoms with Gasteiger partial charge in [0, 0.05) is 40.7 Å².